The van der Waals surface area contributed by atoms with E-state index < -0.39 is 33.8 Å². The number of hydrogen-bond acceptors (Lipinski definition) is 5. The van der Waals surface area contributed by atoms with Gasteiger partial charge in [-0.3, -0.25) is 14.6 Å². The van der Waals surface area contributed by atoms with Gasteiger partial charge in [0.2, 0.25) is 21.8 Å². The first kappa shape index (κ1) is 25.8. The van der Waals surface area contributed by atoms with E-state index in [9.17, 15) is 22.4 Å². The van der Waals surface area contributed by atoms with Crippen molar-refractivity contribution < 1.29 is 22.4 Å². The first-order chi connectivity index (χ1) is 16.3. The third kappa shape index (κ3) is 7.07. The molecule has 1 aromatic carbocycles. The van der Waals surface area contributed by atoms with Gasteiger partial charge in [0.1, 0.15) is 17.9 Å². The summed E-state index contributed by atoms with van der Waals surface area (Å²) in [6.45, 7) is 2.42. The van der Waals surface area contributed by atoms with Crippen molar-refractivity contribution in [2.75, 3.05) is 6.54 Å². The van der Waals surface area contributed by atoms with Gasteiger partial charge in [-0.2, -0.15) is 4.31 Å². The Morgan fingerprint density at radius 3 is 2.62 bits per heavy atom. The van der Waals surface area contributed by atoms with Gasteiger partial charge in [-0.05, 0) is 48.6 Å². The molecule has 1 aliphatic heterocycles. The van der Waals surface area contributed by atoms with E-state index in [1.165, 1.54) is 28.6 Å². The molecule has 1 aliphatic rings. The molecule has 1 aromatic heterocycles. The molecule has 3 rings (SSSR count). The molecule has 2 unspecified atom stereocenters. The van der Waals surface area contributed by atoms with E-state index in [2.05, 4.69) is 15.6 Å². The zero-order valence-electron chi connectivity index (χ0n) is 19.2. The van der Waals surface area contributed by atoms with Gasteiger partial charge in [0.25, 0.3) is 0 Å². The van der Waals surface area contributed by atoms with E-state index in [1.807, 2.05) is 13.0 Å². The number of carbonyl (C=O) groups excluding carboxylic acids is 2. The zero-order valence-corrected chi connectivity index (χ0v) is 20.1. The van der Waals surface area contributed by atoms with Gasteiger partial charge in [-0.1, -0.05) is 38.0 Å². The lowest BCUT2D eigenvalue weighted by atomic mass is 10.0. The van der Waals surface area contributed by atoms with Crippen LogP contribution < -0.4 is 10.6 Å². The second-order valence-electron chi connectivity index (χ2n) is 8.43. The van der Waals surface area contributed by atoms with Crippen molar-refractivity contribution in [3.05, 3.63) is 65.7 Å². The first-order valence-corrected chi connectivity index (χ1v) is 13.1. The minimum atomic E-state index is -3.82. The average Bonchev–Trinajstić information content (AvgIpc) is 2.84. The van der Waals surface area contributed by atoms with Crippen LogP contribution in [0.15, 0.2) is 48.8 Å². The van der Waals surface area contributed by atoms with Gasteiger partial charge < -0.3 is 10.6 Å². The molecule has 0 radical (unpaired) electrons. The minimum Gasteiger partial charge on any atom is -0.350 e. The predicted octanol–water partition coefficient (Wildman–Crippen LogP) is 2.51. The summed E-state index contributed by atoms with van der Waals surface area (Å²) in [7, 11) is -3.82. The lowest BCUT2D eigenvalue weighted by Crippen LogP contribution is -2.56. The van der Waals surface area contributed by atoms with Gasteiger partial charge in [-0.15, -0.1) is 0 Å². The van der Waals surface area contributed by atoms with Gasteiger partial charge >= 0.3 is 0 Å². The molecule has 8 nitrogen and oxygen atoms in total. The number of amides is 2. The molecule has 1 saturated heterocycles. The molecule has 0 spiro atoms. The van der Waals surface area contributed by atoms with E-state index in [-0.39, 0.29) is 24.7 Å². The highest BCUT2D eigenvalue weighted by molar-refractivity contribution is 7.88. The Bertz CT molecular complexity index is 1060. The summed E-state index contributed by atoms with van der Waals surface area (Å²) >= 11 is 0. The quantitative estimate of drug-likeness (QED) is 0.532. The van der Waals surface area contributed by atoms with Gasteiger partial charge in [0.15, 0.2) is 0 Å². The fraction of sp³-hybridized carbons (Fsp3) is 0.458. The average molecular weight is 491 g/mol. The van der Waals surface area contributed by atoms with Crippen LogP contribution >= 0.6 is 0 Å². The molecule has 34 heavy (non-hydrogen) atoms. The van der Waals surface area contributed by atoms with Gasteiger partial charge in [-0.25, -0.2) is 12.8 Å². The zero-order chi connectivity index (χ0) is 24.6. The Kier molecular flexibility index (Phi) is 9.12. The number of piperidine rings is 1. The normalized spacial score (nSPS) is 17.6. The molecule has 2 aromatic rings. The lowest BCUT2D eigenvalue weighted by Gasteiger charge is -2.34. The number of hydrogen-bond donors (Lipinski definition) is 2. The molecule has 1 fully saturated rings. The maximum Gasteiger partial charge on any atom is 0.242 e. The molecule has 0 bridgehead atoms. The highest BCUT2D eigenvalue weighted by Gasteiger charge is 2.37. The Hall–Kier alpha value is -2.85. The van der Waals surface area contributed by atoms with E-state index in [1.54, 1.807) is 18.5 Å². The number of nitrogens with zero attached hydrogens (tertiary/aromatic N) is 2. The standard InChI is InChI=1S/C24H31FN4O4S/c1-2-6-21(23(30)27-16-19-7-5-13-26-15-19)28-24(31)22-8-3-4-14-29(22)34(32,33)17-18-9-11-20(25)12-10-18/h5,7,9-13,15,21-22H,2-4,6,8,14,16-17H2,1H3,(H,27,30)(H,28,31). The van der Waals surface area contributed by atoms with Crippen molar-refractivity contribution in [1.29, 1.82) is 0 Å². The monoisotopic (exact) mass is 490 g/mol. The first-order valence-electron chi connectivity index (χ1n) is 11.5. The summed E-state index contributed by atoms with van der Waals surface area (Å²) in [5.41, 5.74) is 1.28. The van der Waals surface area contributed by atoms with Crippen molar-refractivity contribution in [3.8, 4) is 0 Å². The molecule has 2 heterocycles. The molecular formula is C24H31FN4O4S. The maximum atomic E-state index is 13.2. The van der Waals surface area contributed by atoms with Crippen LogP contribution in [0, 0.1) is 5.82 Å². The Morgan fingerprint density at radius 1 is 1.18 bits per heavy atom. The summed E-state index contributed by atoms with van der Waals surface area (Å²) < 4.78 is 40.7. The molecule has 0 saturated carbocycles. The molecule has 10 heteroatoms. The number of sulfonamides is 1. The Balaban J connectivity index is 1.67. The van der Waals surface area contributed by atoms with Gasteiger partial charge in [0.05, 0.1) is 5.75 Å². The fourth-order valence-electron chi connectivity index (χ4n) is 4.01. The maximum absolute atomic E-state index is 13.2. The molecule has 2 N–H and O–H groups in total. The van der Waals surface area contributed by atoms with E-state index in [0.717, 1.165) is 5.56 Å². The number of aromatic nitrogens is 1. The summed E-state index contributed by atoms with van der Waals surface area (Å²) in [6.07, 6.45) is 6.14. The smallest absolute Gasteiger partial charge is 0.242 e. The minimum absolute atomic E-state index is 0.229. The number of halogens is 1. The van der Waals surface area contributed by atoms with Crippen LogP contribution in [-0.4, -0.2) is 48.1 Å². The topological polar surface area (TPSA) is 108 Å². The number of benzene rings is 1. The van der Waals surface area contributed by atoms with Crippen LogP contribution in [0.1, 0.15) is 50.2 Å². The number of nitrogens with one attached hydrogen (secondary N) is 2. The van der Waals surface area contributed by atoms with Crippen LogP contribution in [0.25, 0.3) is 0 Å². The van der Waals surface area contributed by atoms with Crippen LogP contribution in [-0.2, 0) is 31.9 Å². The molecular weight excluding hydrogens is 459 g/mol. The highest BCUT2D eigenvalue weighted by atomic mass is 32.2. The van der Waals surface area contributed by atoms with Gasteiger partial charge in [0, 0.05) is 25.5 Å². The third-order valence-electron chi connectivity index (χ3n) is 5.78. The second kappa shape index (κ2) is 12.0. The van der Waals surface area contributed by atoms with Crippen molar-refractivity contribution in [1.82, 2.24) is 19.9 Å². The second-order valence-corrected chi connectivity index (χ2v) is 10.4. The molecule has 2 amide bonds. The summed E-state index contributed by atoms with van der Waals surface area (Å²) in [5, 5.41) is 5.59. The van der Waals surface area contributed by atoms with Crippen LogP contribution in [0.2, 0.25) is 0 Å². The lowest BCUT2D eigenvalue weighted by molar-refractivity contribution is -0.131. The van der Waals surface area contributed by atoms with Crippen molar-refractivity contribution in [2.24, 2.45) is 0 Å². The van der Waals surface area contributed by atoms with E-state index in [0.29, 0.717) is 37.7 Å². The SMILES string of the molecule is CCCC(NC(=O)C1CCCCN1S(=O)(=O)Cc1ccc(F)cc1)C(=O)NCc1cccnc1. The van der Waals surface area contributed by atoms with Crippen LogP contribution in [0.3, 0.4) is 0 Å². The number of pyridine rings is 1. The predicted molar refractivity (Wildman–Crippen MR) is 126 cm³/mol. The summed E-state index contributed by atoms with van der Waals surface area (Å²) in [6, 6.07) is 7.24. The van der Waals surface area contributed by atoms with E-state index >= 15 is 0 Å². The largest absolute Gasteiger partial charge is 0.350 e. The number of rotatable bonds is 10. The molecule has 0 aliphatic carbocycles. The summed E-state index contributed by atoms with van der Waals surface area (Å²) in [4.78, 5) is 29.9. The Morgan fingerprint density at radius 2 is 1.94 bits per heavy atom. The fourth-order valence-corrected chi connectivity index (χ4v) is 5.79. The van der Waals surface area contributed by atoms with Crippen LogP contribution in [0.5, 0.6) is 0 Å². The van der Waals surface area contributed by atoms with Crippen molar-refractivity contribution in [3.63, 3.8) is 0 Å². The molecule has 184 valence electrons. The van der Waals surface area contributed by atoms with Crippen molar-refractivity contribution >= 4 is 21.8 Å². The summed E-state index contributed by atoms with van der Waals surface area (Å²) in [5.74, 6) is -1.56. The van der Waals surface area contributed by atoms with Crippen molar-refractivity contribution in [2.45, 2.75) is 63.4 Å². The Labute approximate surface area is 200 Å². The third-order valence-corrected chi connectivity index (χ3v) is 7.63. The number of carbonyl (C=O) groups is 2. The van der Waals surface area contributed by atoms with Crippen LogP contribution in [0.4, 0.5) is 4.39 Å². The highest BCUT2D eigenvalue weighted by Crippen LogP contribution is 2.23. The molecule has 2 atom stereocenters. The van der Waals surface area contributed by atoms with E-state index in [4.69, 9.17) is 0 Å².